The summed E-state index contributed by atoms with van der Waals surface area (Å²) in [5.41, 5.74) is 4.84. The number of benzene rings is 2. The highest BCUT2D eigenvalue weighted by molar-refractivity contribution is 8.00. The fourth-order valence-corrected chi connectivity index (χ4v) is 4.04. The average molecular weight is 386 g/mol. The first kappa shape index (κ1) is 16.9. The zero-order chi connectivity index (χ0) is 19.1. The minimum Gasteiger partial charge on any atom is -0.456 e. The molecular weight excluding hydrogens is 368 g/mol. The molecule has 0 amide bonds. The lowest BCUT2D eigenvalue weighted by Crippen LogP contribution is -1.95. The van der Waals surface area contributed by atoms with Crippen LogP contribution in [0.15, 0.2) is 76.3 Å². The van der Waals surface area contributed by atoms with E-state index in [2.05, 4.69) is 34.9 Å². The summed E-state index contributed by atoms with van der Waals surface area (Å²) < 4.78 is 11.3. The highest BCUT2D eigenvalue weighted by Crippen LogP contribution is 2.37. The number of nitrogens with one attached hydrogen (secondary N) is 1. The van der Waals surface area contributed by atoms with Crippen LogP contribution in [0.5, 0.6) is 0 Å². The van der Waals surface area contributed by atoms with Crippen molar-refractivity contribution >= 4 is 39.7 Å². The Bertz CT molecular complexity index is 1300. The number of hydrogen-bond acceptors (Lipinski definition) is 5. The Morgan fingerprint density at radius 1 is 1.04 bits per heavy atom. The van der Waals surface area contributed by atoms with Crippen LogP contribution >= 0.6 is 11.9 Å². The number of nitrogens with zero attached hydrogens (tertiary/aromatic N) is 3. The summed E-state index contributed by atoms with van der Waals surface area (Å²) in [7, 11) is 1.91. The van der Waals surface area contributed by atoms with Crippen molar-refractivity contribution in [3.05, 3.63) is 72.6 Å². The van der Waals surface area contributed by atoms with Gasteiger partial charge in [-0.3, -0.25) is 4.68 Å². The van der Waals surface area contributed by atoms with Crippen LogP contribution in [0.3, 0.4) is 0 Å². The number of fused-ring (bicyclic) bond motifs is 3. The molecule has 0 radical (unpaired) electrons. The molecule has 0 unspecified atom stereocenters. The Hall–Kier alpha value is -3.25. The van der Waals surface area contributed by atoms with Crippen LogP contribution in [-0.2, 0) is 7.05 Å². The van der Waals surface area contributed by atoms with Gasteiger partial charge >= 0.3 is 0 Å². The van der Waals surface area contributed by atoms with Crippen LogP contribution in [0.2, 0.25) is 0 Å². The number of aromatic nitrogens is 3. The van der Waals surface area contributed by atoms with E-state index in [1.54, 1.807) is 4.68 Å². The van der Waals surface area contributed by atoms with Crippen molar-refractivity contribution in [3.8, 4) is 11.3 Å². The van der Waals surface area contributed by atoms with E-state index in [0.717, 1.165) is 43.9 Å². The predicted octanol–water partition coefficient (Wildman–Crippen LogP) is 5.81. The molecule has 5 nitrogen and oxygen atoms in total. The molecule has 5 rings (SSSR count). The molecule has 3 heterocycles. The van der Waals surface area contributed by atoms with E-state index in [-0.39, 0.29) is 0 Å². The van der Waals surface area contributed by atoms with Gasteiger partial charge in [0.25, 0.3) is 0 Å². The molecule has 0 aliphatic heterocycles. The monoisotopic (exact) mass is 386 g/mol. The average Bonchev–Trinajstić information content (AvgIpc) is 3.29. The summed E-state index contributed by atoms with van der Waals surface area (Å²) in [5.74, 6) is 0.787. The lowest BCUT2D eigenvalue weighted by Gasteiger charge is -2.10. The number of rotatable bonds is 4. The third-order valence-corrected chi connectivity index (χ3v) is 5.47. The van der Waals surface area contributed by atoms with Crippen molar-refractivity contribution in [1.29, 1.82) is 0 Å². The van der Waals surface area contributed by atoms with E-state index in [1.807, 2.05) is 55.8 Å². The molecule has 138 valence electrons. The molecule has 6 heteroatoms. The second-order valence-electron chi connectivity index (χ2n) is 6.70. The summed E-state index contributed by atoms with van der Waals surface area (Å²) in [6.45, 7) is 2.09. The molecule has 0 aliphatic rings. The van der Waals surface area contributed by atoms with E-state index in [0.29, 0.717) is 0 Å². The Labute approximate surface area is 166 Å². The SMILES string of the molecule is Cc1ccccc1-c1cc2oc3ccccc3c2c(NSc2cnn(C)c2)n1. The fourth-order valence-electron chi connectivity index (χ4n) is 3.37. The summed E-state index contributed by atoms with van der Waals surface area (Å²) in [6, 6.07) is 18.3. The minimum atomic E-state index is 0.787. The maximum atomic E-state index is 6.15. The van der Waals surface area contributed by atoms with Gasteiger partial charge in [0.15, 0.2) is 0 Å². The molecule has 0 bridgehead atoms. The first-order valence-corrected chi connectivity index (χ1v) is 9.80. The first-order valence-electron chi connectivity index (χ1n) is 8.99. The van der Waals surface area contributed by atoms with E-state index in [4.69, 9.17) is 9.40 Å². The zero-order valence-corrected chi connectivity index (χ0v) is 16.3. The van der Waals surface area contributed by atoms with Gasteiger partial charge in [-0.25, -0.2) is 4.98 Å². The van der Waals surface area contributed by atoms with Crippen LogP contribution in [0, 0.1) is 6.92 Å². The third kappa shape index (κ3) is 2.92. The third-order valence-electron chi connectivity index (χ3n) is 4.73. The molecule has 0 fully saturated rings. The van der Waals surface area contributed by atoms with Crippen molar-refractivity contribution in [2.24, 2.45) is 7.05 Å². The minimum absolute atomic E-state index is 0.787. The predicted molar refractivity (Wildman–Crippen MR) is 114 cm³/mol. The van der Waals surface area contributed by atoms with Gasteiger partial charge in [-0.15, -0.1) is 0 Å². The van der Waals surface area contributed by atoms with Gasteiger partial charge in [0.05, 0.1) is 22.2 Å². The Kier molecular flexibility index (Phi) is 4.06. The van der Waals surface area contributed by atoms with Crippen molar-refractivity contribution in [1.82, 2.24) is 14.8 Å². The fraction of sp³-hybridized carbons (Fsp3) is 0.0909. The van der Waals surface area contributed by atoms with Crippen molar-refractivity contribution < 1.29 is 4.42 Å². The largest absolute Gasteiger partial charge is 0.456 e. The topological polar surface area (TPSA) is 55.9 Å². The van der Waals surface area contributed by atoms with Crippen molar-refractivity contribution in [2.75, 3.05) is 4.72 Å². The molecule has 28 heavy (non-hydrogen) atoms. The molecular formula is C22H18N4OS. The lowest BCUT2D eigenvalue weighted by molar-refractivity contribution is 0.669. The van der Waals surface area contributed by atoms with Crippen LogP contribution < -0.4 is 4.72 Å². The molecule has 0 atom stereocenters. The molecule has 2 aromatic carbocycles. The van der Waals surface area contributed by atoms with Gasteiger partial charge in [0.2, 0.25) is 0 Å². The number of para-hydroxylation sites is 1. The summed E-state index contributed by atoms with van der Waals surface area (Å²) in [4.78, 5) is 5.98. The van der Waals surface area contributed by atoms with Crippen LogP contribution in [0.25, 0.3) is 33.2 Å². The van der Waals surface area contributed by atoms with E-state index in [9.17, 15) is 0 Å². The second kappa shape index (κ2) is 6.73. The maximum Gasteiger partial charge on any atom is 0.148 e. The number of aryl methyl sites for hydroxylation is 2. The number of pyridine rings is 1. The molecule has 3 aromatic heterocycles. The molecule has 0 spiro atoms. The van der Waals surface area contributed by atoms with Crippen molar-refractivity contribution in [2.45, 2.75) is 11.8 Å². The van der Waals surface area contributed by atoms with Gasteiger partial charge in [-0.05, 0) is 30.5 Å². The Balaban J connectivity index is 1.69. The van der Waals surface area contributed by atoms with Gasteiger partial charge < -0.3 is 9.14 Å². The standard InChI is InChI=1S/C22H18N4OS/c1-14-7-3-4-8-16(14)18-11-20-21(17-9-5-6-10-19(17)27-20)22(24-18)25-28-15-12-23-26(2)13-15/h3-13H,1-2H3,(H,24,25). The number of hydrogen-bond donors (Lipinski definition) is 1. The zero-order valence-electron chi connectivity index (χ0n) is 15.5. The highest BCUT2D eigenvalue weighted by atomic mass is 32.2. The van der Waals surface area contributed by atoms with Crippen LogP contribution in [0.4, 0.5) is 5.82 Å². The summed E-state index contributed by atoms with van der Waals surface area (Å²) >= 11 is 1.49. The molecule has 0 saturated heterocycles. The van der Waals surface area contributed by atoms with Gasteiger partial charge in [-0.1, -0.05) is 42.5 Å². The van der Waals surface area contributed by atoms with Gasteiger partial charge in [-0.2, -0.15) is 5.10 Å². The molecule has 0 aliphatic carbocycles. The number of furan rings is 1. The molecule has 0 saturated carbocycles. The van der Waals surface area contributed by atoms with Gasteiger partial charge in [0.1, 0.15) is 17.0 Å². The first-order chi connectivity index (χ1) is 13.7. The molecule has 5 aromatic rings. The second-order valence-corrected chi connectivity index (χ2v) is 7.58. The normalized spacial score (nSPS) is 11.4. The smallest absolute Gasteiger partial charge is 0.148 e. The van der Waals surface area contributed by atoms with E-state index >= 15 is 0 Å². The van der Waals surface area contributed by atoms with E-state index < -0.39 is 0 Å². The van der Waals surface area contributed by atoms with Crippen LogP contribution in [-0.4, -0.2) is 14.8 Å². The number of anilines is 1. The Morgan fingerprint density at radius 3 is 2.68 bits per heavy atom. The lowest BCUT2D eigenvalue weighted by atomic mass is 10.0. The van der Waals surface area contributed by atoms with Gasteiger partial charge in [0, 0.05) is 30.3 Å². The highest BCUT2D eigenvalue weighted by Gasteiger charge is 2.16. The Morgan fingerprint density at radius 2 is 1.86 bits per heavy atom. The van der Waals surface area contributed by atoms with Crippen molar-refractivity contribution in [3.63, 3.8) is 0 Å². The van der Waals surface area contributed by atoms with Crippen LogP contribution in [0.1, 0.15) is 5.56 Å². The maximum absolute atomic E-state index is 6.15. The summed E-state index contributed by atoms with van der Waals surface area (Å²) in [5, 5.41) is 6.27. The summed E-state index contributed by atoms with van der Waals surface area (Å²) in [6.07, 6.45) is 3.79. The quantitative estimate of drug-likeness (QED) is 0.395. The molecule has 1 N–H and O–H groups in total. The van der Waals surface area contributed by atoms with E-state index in [1.165, 1.54) is 17.5 Å².